The van der Waals surface area contributed by atoms with Crippen molar-refractivity contribution in [3.05, 3.63) is 46.8 Å². The summed E-state index contributed by atoms with van der Waals surface area (Å²) in [5.41, 5.74) is 1.65. The fourth-order valence-corrected chi connectivity index (χ4v) is 1.33. The van der Waals surface area contributed by atoms with E-state index in [2.05, 4.69) is 5.32 Å². The van der Waals surface area contributed by atoms with Crippen molar-refractivity contribution in [2.75, 3.05) is 6.54 Å². The van der Waals surface area contributed by atoms with Gasteiger partial charge < -0.3 is 10.4 Å². The minimum absolute atomic E-state index is 0.293. The van der Waals surface area contributed by atoms with Crippen molar-refractivity contribution in [2.45, 2.75) is 20.4 Å². The van der Waals surface area contributed by atoms with Crippen LogP contribution in [0.3, 0.4) is 0 Å². The number of carbonyl (C=O) groups is 1. The highest BCUT2D eigenvalue weighted by Crippen LogP contribution is 2.10. The lowest BCUT2D eigenvalue weighted by molar-refractivity contribution is 0.0692. The molecule has 92 valence electrons. The first-order valence-electron chi connectivity index (χ1n) is 5.36. The van der Waals surface area contributed by atoms with Gasteiger partial charge in [0.2, 0.25) is 0 Å². The van der Waals surface area contributed by atoms with Crippen LogP contribution < -0.4 is 5.32 Å². The Bertz CT molecular complexity index is 437. The minimum atomic E-state index is -1.24. The SMILES string of the molecule is CC(C)=CCNCc1ccc(C(=O)O)c(F)c1. The summed E-state index contributed by atoms with van der Waals surface area (Å²) in [5.74, 6) is -1.94. The largest absolute Gasteiger partial charge is 0.478 e. The molecule has 0 radical (unpaired) electrons. The van der Waals surface area contributed by atoms with E-state index in [4.69, 9.17) is 5.11 Å². The molecule has 1 aromatic rings. The second kappa shape index (κ2) is 6.15. The van der Waals surface area contributed by atoms with Crippen molar-refractivity contribution >= 4 is 5.97 Å². The smallest absolute Gasteiger partial charge is 0.338 e. The second-order valence-electron chi connectivity index (χ2n) is 4.03. The van der Waals surface area contributed by atoms with Gasteiger partial charge in [-0.3, -0.25) is 0 Å². The Morgan fingerprint density at radius 3 is 2.71 bits per heavy atom. The molecule has 0 spiro atoms. The fourth-order valence-electron chi connectivity index (χ4n) is 1.33. The van der Waals surface area contributed by atoms with E-state index < -0.39 is 11.8 Å². The lowest BCUT2D eigenvalue weighted by Gasteiger charge is -2.04. The molecule has 0 fully saturated rings. The van der Waals surface area contributed by atoms with Gasteiger partial charge in [-0.1, -0.05) is 17.7 Å². The Hall–Kier alpha value is -1.68. The van der Waals surface area contributed by atoms with Crippen LogP contribution >= 0.6 is 0 Å². The van der Waals surface area contributed by atoms with Crippen LogP contribution in [0, 0.1) is 5.82 Å². The molecule has 3 nitrogen and oxygen atoms in total. The van der Waals surface area contributed by atoms with Crippen molar-refractivity contribution in [3.8, 4) is 0 Å². The molecule has 2 N–H and O–H groups in total. The maximum Gasteiger partial charge on any atom is 0.338 e. The average molecular weight is 237 g/mol. The number of halogens is 1. The second-order valence-corrected chi connectivity index (χ2v) is 4.03. The summed E-state index contributed by atoms with van der Waals surface area (Å²) >= 11 is 0. The quantitative estimate of drug-likeness (QED) is 0.611. The predicted octanol–water partition coefficient (Wildman–Crippen LogP) is 2.58. The number of carboxylic acid groups (broad SMARTS) is 1. The first kappa shape index (κ1) is 13.4. The van der Waals surface area contributed by atoms with Gasteiger partial charge in [-0.15, -0.1) is 0 Å². The number of aromatic carboxylic acids is 1. The third-order valence-electron chi connectivity index (χ3n) is 2.25. The molecule has 4 heteroatoms. The molecule has 0 aromatic heterocycles. The van der Waals surface area contributed by atoms with Crippen LogP contribution in [0.4, 0.5) is 4.39 Å². The van der Waals surface area contributed by atoms with Crippen LogP contribution in [0.2, 0.25) is 0 Å². The van der Waals surface area contributed by atoms with Gasteiger partial charge >= 0.3 is 5.97 Å². The van der Waals surface area contributed by atoms with Crippen LogP contribution in [0.15, 0.2) is 29.8 Å². The van der Waals surface area contributed by atoms with Crippen molar-refractivity contribution < 1.29 is 14.3 Å². The topological polar surface area (TPSA) is 49.3 Å². The fraction of sp³-hybridized carbons (Fsp3) is 0.308. The van der Waals surface area contributed by atoms with E-state index >= 15 is 0 Å². The van der Waals surface area contributed by atoms with Crippen molar-refractivity contribution in [3.63, 3.8) is 0 Å². The summed E-state index contributed by atoms with van der Waals surface area (Å²) in [5, 5.41) is 11.8. The van der Waals surface area contributed by atoms with Gasteiger partial charge in [0, 0.05) is 13.1 Å². The van der Waals surface area contributed by atoms with Gasteiger partial charge in [0.25, 0.3) is 0 Å². The summed E-state index contributed by atoms with van der Waals surface area (Å²) in [4.78, 5) is 10.6. The highest BCUT2D eigenvalue weighted by molar-refractivity contribution is 5.87. The molecule has 0 unspecified atom stereocenters. The Balaban J connectivity index is 2.59. The molecule has 0 heterocycles. The number of hydrogen-bond donors (Lipinski definition) is 2. The monoisotopic (exact) mass is 237 g/mol. The molecular formula is C13H16FNO2. The number of nitrogens with one attached hydrogen (secondary N) is 1. The van der Waals surface area contributed by atoms with Gasteiger partial charge in [0.05, 0.1) is 5.56 Å². The summed E-state index contributed by atoms with van der Waals surface area (Å²) in [6.07, 6.45) is 2.03. The van der Waals surface area contributed by atoms with Crippen LogP contribution in [-0.4, -0.2) is 17.6 Å². The van der Waals surface area contributed by atoms with E-state index in [1.165, 1.54) is 17.7 Å². The number of rotatable bonds is 5. The third-order valence-corrected chi connectivity index (χ3v) is 2.25. The average Bonchev–Trinajstić information content (AvgIpc) is 2.23. The van der Waals surface area contributed by atoms with Crippen LogP contribution in [0.25, 0.3) is 0 Å². The molecule has 0 atom stereocenters. The Morgan fingerprint density at radius 1 is 1.47 bits per heavy atom. The van der Waals surface area contributed by atoms with Crippen LogP contribution in [0.1, 0.15) is 29.8 Å². The predicted molar refractivity (Wildman–Crippen MR) is 64.5 cm³/mol. The lowest BCUT2D eigenvalue weighted by atomic mass is 10.1. The van der Waals surface area contributed by atoms with Gasteiger partial charge in [-0.05, 0) is 31.5 Å². The Morgan fingerprint density at radius 2 is 2.18 bits per heavy atom. The van der Waals surface area contributed by atoms with E-state index in [9.17, 15) is 9.18 Å². The van der Waals surface area contributed by atoms with E-state index in [1.54, 1.807) is 6.07 Å². The van der Waals surface area contributed by atoms with Crippen LogP contribution in [-0.2, 0) is 6.54 Å². The molecule has 0 bridgehead atoms. The maximum absolute atomic E-state index is 13.3. The minimum Gasteiger partial charge on any atom is -0.478 e. The molecule has 0 saturated carbocycles. The van der Waals surface area contributed by atoms with Gasteiger partial charge in [-0.25, -0.2) is 9.18 Å². The zero-order chi connectivity index (χ0) is 12.8. The van der Waals surface area contributed by atoms with Gasteiger partial charge in [0.1, 0.15) is 5.82 Å². The molecule has 0 aliphatic rings. The summed E-state index contributed by atoms with van der Waals surface area (Å²) < 4.78 is 13.3. The van der Waals surface area contributed by atoms with E-state index in [1.807, 2.05) is 19.9 Å². The molecule has 0 amide bonds. The van der Waals surface area contributed by atoms with E-state index in [0.29, 0.717) is 13.1 Å². The van der Waals surface area contributed by atoms with Gasteiger partial charge in [0.15, 0.2) is 0 Å². The van der Waals surface area contributed by atoms with Crippen molar-refractivity contribution in [1.82, 2.24) is 5.32 Å². The standard InChI is InChI=1S/C13H16FNO2/c1-9(2)5-6-15-8-10-3-4-11(13(16)17)12(14)7-10/h3-5,7,15H,6,8H2,1-2H3,(H,16,17). The number of carboxylic acids is 1. The first-order valence-corrected chi connectivity index (χ1v) is 5.36. The van der Waals surface area contributed by atoms with E-state index in [-0.39, 0.29) is 5.56 Å². The number of allylic oxidation sites excluding steroid dienone is 1. The maximum atomic E-state index is 13.3. The summed E-state index contributed by atoms with van der Waals surface area (Å²) in [6, 6.07) is 4.15. The van der Waals surface area contributed by atoms with Gasteiger partial charge in [-0.2, -0.15) is 0 Å². The zero-order valence-electron chi connectivity index (χ0n) is 9.96. The Labute approximate surface area is 100.0 Å². The van der Waals surface area contributed by atoms with Crippen molar-refractivity contribution in [1.29, 1.82) is 0 Å². The zero-order valence-corrected chi connectivity index (χ0v) is 9.96. The molecular weight excluding hydrogens is 221 g/mol. The molecule has 0 aliphatic carbocycles. The molecule has 1 rings (SSSR count). The van der Waals surface area contributed by atoms with E-state index in [0.717, 1.165) is 5.56 Å². The Kier molecular flexibility index (Phi) is 4.84. The summed E-state index contributed by atoms with van der Waals surface area (Å²) in [7, 11) is 0. The molecule has 0 saturated heterocycles. The molecule has 0 aliphatic heterocycles. The number of hydrogen-bond acceptors (Lipinski definition) is 2. The highest BCUT2D eigenvalue weighted by atomic mass is 19.1. The lowest BCUT2D eigenvalue weighted by Crippen LogP contribution is -2.13. The highest BCUT2D eigenvalue weighted by Gasteiger charge is 2.09. The molecule has 1 aromatic carbocycles. The van der Waals surface area contributed by atoms with Crippen molar-refractivity contribution in [2.24, 2.45) is 0 Å². The molecule has 17 heavy (non-hydrogen) atoms. The summed E-state index contributed by atoms with van der Waals surface area (Å²) in [6.45, 7) is 5.23. The van der Waals surface area contributed by atoms with Crippen LogP contribution in [0.5, 0.6) is 0 Å². The first-order chi connectivity index (χ1) is 8.00. The normalized spacial score (nSPS) is 10.1. The third kappa shape index (κ3) is 4.36. The number of benzene rings is 1.